The Bertz CT molecular complexity index is 581. The summed E-state index contributed by atoms with van der Waals surface area (Å²) in [5, 5.41) is -1.59. The lowest BCUT2D eigenvalue weighted by molar-refractivity contribution is 0.577. The van der Waals surface area contributed by atoms with Crippen LogP contribution in [0, 0.1) is 4.58 Å². The molecule has 9 heteroatoms. The summed E-state index contributed by atoms with van der Waals surface area (Å²) in [5.74, 6) is -0.616. The predicted octanol–water partition coefficient (Wildman–Crippen LogP) is -0.446. The molecule has 1 unspecified atom stereocenters. The second-order valence-corrected chi connectivity index (χ2v) is 10.2. The second kappa shape index (κ2) is 5.07. The maximum absolute atomic E-state index is 11.7. The van der Waals surface area contributed by atoms with Crippen LogP contribution in [0.4, 0.5) is 0 Å². The average molecular weight is 305 g/mol. The Hall–Kier alpha value is -0.410. The van der Waals surface area contributed by atoms with Gasteiger partial charge in [-0.3, -0.25) is 0 Å². The fourth-order valence-electron chi connectivity index (χ4n) is 1.20. The van der Waals surface area contributed by atoms with Crippen molar-refractivity contribution in [2.75, 3.05) is 18.3 Å². The van der Waals surface area contributed by atoms with Crippen LogP contribution in [0.3, 0.4) is 0 Å². The van der Waals surface area contributed by atoms with Crippen molar-refractivity contribution in [2.24, 2.45) is 0 Å². The summed E-state index contributed by atoms with van der Waals surface area (Å²) < 4.78 is 67.9. The van der Waals surface area contributed by atoms with Crippen molar-refractivity contribution in [3.8, 4) is 0 Å². The van der Waals surface area contributed by atoms with Gasteiger partial charge in [0.05, 0.1) is 11.0 Å². The Kier molecular flexibility index (Phi) is 4.95. The van der Waals surface area contributed by atoms with Gasteiger partial charge in [0.25, 0.3) is 0 Å². The zero-order valence-corrected chi connectivity index (χ0v) is 12.2. The van der Waals surface area contributed by atoms with Gasteiger partial charge in [-0.1, -0.05) is 6.08 Å². The second-order valence-electron chi connectivity index (χ2n) is 3.63. The van der Waals surface area contributed by atoms with Gasteiger partial charge < -0.3 is 0 Å². The zero-order valence-electron chi connectivity index (χ0n) is 9.74. The number of sulfone groups is 3. The van der Waals surface area contributed by atoms with Crippen LogP contribution in [0.15, 0.2) is 12.7 Å². The largest absolute Gasteiger partial charge is 0.229 e. The summed E-state index contributed by atoms with van der Waals surface area (Å²) in [6.07, 6.45) is 2.46. The monoisotopic (exact) mass is 305 g/mol. The Labute approximate surface area is 102 Å². The normalized spacial score (nSPS) is 15.8. The molecule has 6 nitrogen and oxygen atoms in total. The highest BCUT2D eigenvalue weighted by atomic mass is 32.3. The van der Waals surface area contributed by atoms with Crippen LogP contribution in [0.5, 0.6) is 0 Å². The van der Waals surface area contributed by atoms with Gasteiger partial charge >= 0.3 is 0 Å². The van der Waals surface area contributed by atoms with E-state index in [1.54, 1.807) is 0 Å². The van der Waals surface area contributed by atoms with Crippen molar-refractivity contribution < 1.29 is 25.3 Å². The number of hydrogen-bond acceptors (Lipinski definition) is 6. The standard InChI is InChI=1S/C8H15O6S3/c1-5-6-17(13,14)8(16(4,11)12)7(2)15(3,9)10/h5,7H,1,6H2,2-4H3/i7+2. The minimum absolute atomic E-state index is 0.616. The van der Waals surface area contributed by atoms with E-state index < -0.39 is 45.1 Å². The highest BCUT2D eigenvalue weighted by Crippen LogP contribution is 2.27. The molecule has 0 aromatic heterocycles. The molecule has 0 aliphatic rings. The van der Waals surface area contributed by atoms with E-state index in [9.17, 15) is 25.3 Å². The lowest BCUT2D eigenvalue weighted by Crippen LogP contribution is -2.36. The molecule has 0 heterocycles. The Balaban J connectivity index is 5.90. The van der Waals surface area contributed by atoms with Gasteiger partial charge in [-0.2, -0.15) is 0 Å². The molecule has 0 bridgehead atoms. The predicted molar refractivity (Wildman–Crippen MR) is 66.4 cm³/mol. The van der Waals surface area contributed by atoms with Crippen LogP contribution in [-0.2, 0) is 29.5 Å². The van der Waals surface area contributed by atoms with Gasteiger partial charge in [0.1, 0.15) is 0 Å². The van der Waals surface area contributed by atoms with Gasteiger partial charge in [0.2, 0.25) is 4.58 Å². The van der Waals surface area contributed by atoms with E-state index in [1.165, 1.54) is 0 Å². The lowest BCUT2D eigenvalue weighted by atomic mass is 10.8. The average Bonchev–Trinajstić information content (AvgIpc) is 1.97. The minimum atomic E-state index is -4.18. The molecule has 0 rings (SSSR count). The molecule has 1 radical (unpaired) electrons. The smallest absolute Gasteiger partial charge is 0.224 e. The zero-order chi connectivity index (χ0) is 14.1. The topological polar surface area (TPSA) is 102 Å². The van der Waals surface area contributed by atoms with Gasteiger partial charge in [0.15, 0.2) is 29.5 Å². The molecule has 0 spiro atoms. The van der Waals surface area contributed by atoms with Crippen molar-refractivity contribution in [2.45, 2.75) is 12.2 Å². The molecule has 0 aliphatic carbocycles. The van der Waals surface area contributed by atoms with E-state index >= 15 is 0 Å². The molecule has 1 atom stereocenters. The molecule has 0 N–H and O–H groups in total. The first-order valence-corrected chi connectivity index (χ1v) is 9.93. The summed E-state index contributed by atoms with van der Waals surface area (Å²) >= 11 is 0. The Morgan fingerprint density at radius 2 is 1.53 bits per heavy atom. The summed E-state index contributed by atoms with van der Waals surface area (Å²) in [7, 11) is -12.1. The first kappa shape index (κ1) is 16.6. The SMILES string of the molecule is C=CCS(=O)(=O)[C]([14CH](C)S(C)(=O)=O)S(C)(=O)=O. The van der Waals surface area contributed by atoms with Crippen LogP contribution in [0.25, 0.3) is 0 Å². The quantitative estimate of drug-likeness (QED) is 0.616. The van der Waals surface area contributed by atoms with Crippen molar-refractivity contribution in [1.29, 1.82) is 0 Å². The third kappa shape index (κ3) is 4.40. The molecule has 0 saturated heterocycles. The maximum atomic E-state index is 11.7. The molecule has 0 fully saturated rings. The molecule has 0 aliphatic heterocycles. The summed E-state index contributed by atoms with van der Waals surface area (Å²) in [6.45, 7) is 4.23. The van der Waals surface area contributed by atoms with Crippen LogP contribution in [0.1, 0.15) is 6.92 Å². The summed E-state index contributed by atoms with van der Waals surface area (Å²) in [5.41, 5.74) is 0. The molecule has 0 amide bonds. The summed E-state index contributed by atoms with van der Waals surface area (Å²) in [4.78, 5) is 0. The van der Waals surface area contributed by atoms with Crippen molar-refractivity contribution >= 4 is 29.5 Å². The van der Waals surface area contributed by atoms with E-state index in [1.807, 2.05) is 0 Å². The van der Waals surface area contributed by atoms with Crippen molar-refractivity contribution in [3.63, 3.8) is 0 Å². The number of hydrogen-bond donors (Lipinski definition) is 0. The molecule has 0 aromatic rings. The highest BCUT2D eigenvalue weighted by Gasteiger charge is 2.44. The van der Waals surface area contributed by atoms with E-state index in [0.717, 1.165) is 19.3 Å². The minimum Gasteiger partial charge on any atom is -0.229 e. The summed E-state index contributed by atoms with van der Waals surface area (Å²) in [6, 6.07) is 0. The van der Waals surface area contributed by atoms with Crippen LogP contribution in [-0.4, -0.2) is 48.8 Å². The Morgan fingerprint density at radius 3 is 1.76 bits per heavy atom. The molecular formula is C8H15O6S3. The molecular weight excluding hydrogens is 290 g/mol. The van der Waals surface area contributed by atoms with Crippen LogP contribution in [0.2, 0.25) is 0 Å². The first-order chi connectivity index (χ1) is 7.34. The van der Waals surface area contributed by atoms with Crippen LogP contribution < -0.4 is 0 Å². The van der Waals surface area contributed by atoms with E-state index in [4.69, 9.17) is 0 Å². The van der Waals surface area contributed by atoms with Crippen LogP contribution >= 0.6 is 0 Å². The molecule has 17 heavy (non-hydrogen) atoms. The Morgan fingerprint density at radius 1 is 1.12 bits per heavy atom. The van der Waals surface area contributed by atoms with Gasteiger partial charge in [-0.15, -0.1) is 6.58 Å². The number of rotatable bonds is 6. The van der Waals surface area contributed by atoms with E-state index in [-0.39, 0.29) is 0 Å². The van der Waals surface area contributed by atoms with Crippen molar-refractivity contribution in [1.82, 2.24) is 0 Å². The van der Waals surface area contributed by atoms with E-state index in [0.29, 0.717) is 6.26 Å². The fraction of sp³-hybridized carbons (Fsp3) is 0.625. The third-order valence-electron chi connectivity index (χ3n) is 1.98. The first-order valence-electron chi connectivity index (χ1n) is 4.43. The van der Waals surface area contributed by atoms with Gasteiger partial charge in [-0.05, 0) is 6.92 Å². The third-order valence-corrected chi connectivity index (χ3v) is 8.20. The fourth-order valence-corrected chi connectivity index (χ4v) is 7.19. The van der Waals surface area contributed by atoms with Crippen molar-refractivity contribution in [3.05, 3.63) is 17.2 Å². The lowest BCUT2D eigenvalue weighted by Gasteiger charge is -2.19. The molecule has 101 valence electrons. The molecule has 0 aromatic carbocycles. The molecule has 0 saturated carbocycles. The van der Waals surface area contributed by atoms with Gasteiger partial charge in [-0.25, -0.2) is 25.3 Å². The maximum Gasteiger partial charge on any atom is 0.224 e. The van der Waals surface area contributed by atoms with Gasteiger partial charge in [0, 0.05) is 12.5 Å². The van der Waals surface area contributed by atoms with E-state index in [2.05, 4.69) is 6.58 Å². The highest BCUT2D eigenvalue weighted by molar-refractivity contribution is 8.13.